The summed E-state index contributed by atoms with van der Waals surface area (Å²) in [5.74, 6) is 0.803. The zero-order valence-electron chi connectivity index (χ0n) is 10.7. The number of carbonyl (C=O) groups excluding carboxylic acids is 1. The van der Waals surface area contributed by atoms with E-state index >= 15 is 0 Å². The number of nitrogens with two attached hydrogens (primary N) is 1. The molecule has 1 unspecified atom stereocenters. The molecule has 4 nitrogen and oxygen atoms in total. The molecule has 1 atom stereocenters. The highest BCUT2D eigenvalue weighted by atomic mass is 16.3. The minimum Gasteiger partial charge on any atom is -0.394 e. The maximum Gasteiger partial charge on any atom is 0.230 e. The predicted octanol–water partition coefficient (Wildman–Crippen LogP) is 0.735. The highest BCUT2D eigenvalue weighted by molar-refractivity contribution is 5.84. The molecule has 1 aliphatic carbocycles. The number of hydrogen-bond acceptors (Lipinski definition) is 3. The molecule has 2 fully saturated rings. The maximum atomic E-state index is 12.6. The standard InChI is InChI=1S/C13H24N2O2/c1-10-6-13(7-10,9-14)12(17)15-5-3-2-4-11(15)8-16/h10-11,16H,2-9,14H2,1H3. The first kappa shape index (κ1) is 12.8. The molecule has 1 saturated heterocycles. The van der Waals surface area contributed by atoms with Crippen LogP contribution in [0.5, 0.6) is 0 Å². The average Bonchev–Trinajstić information content (AvgIpc) is 2.33. The molecule has 0 aromatic heterocycles. The zero-order chi connectivity index (χ0) is 12.5. The third kappa shape index (κ3) is 2.20. The lowest BCUT2D eigenvalue weighted by molar-refractivity contribution is -0.154. The van der Waals surface area contributed by atoms with Crippen molar-refractivity contribution in [3.05, 3.63) is 0 Å². The fourth-order valence-electron chi connectivity index (χ4n) is 3.47. The molecule has 2 aliphatic rings. The summed E-state index contributed by atoms with van der Waals surface area (Å²) in [6.45, 7) is 3.49. The fraction of sp³-hybridized carbons (Fsp3) is 0.923. The van der Waals surface area contributed by atoms with Crippen LogP contribution in [0.25, 0.3) is 0 Å². The van der Waals surface area contributed by atoms with E-state index in [9.17, 15) is 9.90 Å². The van der Waals surface area contributed by atoms with Crippen molar-refractivity contribution in [1.82, 2.24) is 4.90 Å². The normalized spacial score (nSPS) is 37.7. The van der Waals surface area contributed by atoms with Gasteiger partial charge in [0.1, 0.15) is 0 Å². The molecule has 2 rings (SSSR count). The van der Waals surface area contributed by atoms with Crippen LogP contribution >= 0.6 is 0 Å². The molecule has 0 aromatic carbocycles. The average molecular weight is 240 g/mol. The minimum absolute atomic E-state index is 0.0237. The third-order valence-corrected chi connectivity index (χ3v) is 4.42. The summed E-state index contributed by atoms with van der Waals surface area (Å²) < 4.78 is 0. The Bertz CT molecular complexity index is 287. The quantitative estimate of drug-likeness (QED) is 0.764. The summed E-state index contributed by atoms with van der Waals surface area (Å²) in [5.41, 5.74) is 5.50. The van der Waals surface area contributed by atoms with Crippen LogP contribution in [0.2, 0.25) is 0 Å². The molecule has 0 spiro atoms. The molecular weight excluding hydrogens is 216 g/mol. The SMILES string of the molecule is CC1CC(CN)(C(=O)N2CCCCC2CO)C1. The van der Waals surface area contributed by atoms with Crippen LogP contribution in [0.4, 0.5) is 0 Å². The van der Waals surface area contributed by atoms with Gasteiger partial charge in [0, 0.05) is 13.1 Å². The number of piperidine rings is 1. The summed E-state index contributed by atoms with van der Waals surface area (Å²) in [4.78, 5) is 14.5. The molecule has 0 aromatic rings. The zero-order valence-corrected chi connectivity index (χ0v) is 10.7. The Balaban J connectivity index is 2.07. The lowest BCUT2D eigenvalue weighted by atomic mass is 9.61. The number of amides is 1. The largest absolute Gasteiger partial charge is 0.394 e. The molecule has 1 amide bonds. The molecule has 0 radical (unpaired) electrons. The van der Waals surface area contributed by atoms with Crippen LogP contribution in [0.3, 0.4) is 0 Å². The van der Waals surface area contributed by atoms with E-state index in [2.05, 4.69) is 6.92 Å². The van der Waals surface area contributed by atoms with E-state index in [1.807, 2.05) is 4.90 Å². The smallest absolute Gasteiger partial charge is 0.230 e. The van der Waals surface area contributed by atoms with Crippen molar-refractivity contribution in [3.8, 4) is 0 Å². The molecule has 1 heterocycles. The van der Waals surface area contributed by atoms with E-state index in [1.165, 1.54) is 0 Å². The van der Waals surface area contributed by atoms with Gasteiger partial charge in [-0.1, -0.05) is 6.92 Å². The minimum atomic E-state index is -0.315. The van der Waals surface area contributed by atoms with E-state index < -0.39 is 0 Å². The van der Waals surface area contributed by atoms with Crippen LogP contribution < -0.4 is 5.73 Å². The number of aliphatic hydroxyl groups excluding tert-OH is 1. The van der Waals surface area contributed by atoms with Crippen molar-refractivity contribution in [3.63, 3.8) is 0 Å². The van der Waals surface area contributed by atoms with Gasteiger partial charge in [0.15, 0.2) is 0 Å². The van der Waals surface area contributed by atoms with Crippen molar-refractivity contribution in [1.29, 1.82) is 0 Å². The van der Waals surface area contributed by atoms with E-state index in [0.717, 1.165) is 38.6 Å². The highest BCUT2D eigenvalue weighted by Crippen LogP contribution is 2.46. The van der Waals surface area contributed by atoms with Crippen LogP contribution in [0.1, 0.15) is 39.0 Å². The molecular formula is C13H24N2O2. The molecule has 1 saturated carbocycles. The van der Waals surface area contributed by atoms with Gasteiger partial charge in [0.05, 0.1) is 18.1 Å². The molecule has 1 aliphatic heterocycles. The first-order valence-electron chi connectivity index (χ1n) is 6.75. The molecule has 17 heavy (non-hydrogen) atoms. The Hall–Kier alpha value is -0.610. The van der Waals surface area contributed by atoms with Gasteiger partial charge in [-0.3, -0.25) is 4.79 Å². The number of rotatable bonds is 3. The second-order valence-corrected chi connectivity index (χ2v) is 5.83. The number of hydrogen-bond donors (Lipinski definition) is 2. The summed E-state index contributed by atoms with van der Waals surface area (Å²) in [6.07, 6.45) is 4.92. The summed E-state index contributed by atoms with van der Waals surface area (Å²) in [7, 11) is 0. The molecule has 98 valence electrons. The van der Waals surface area contributed by atoms with Crippen molar-refractivity contribution in [2.45, 2.75) is 45.1 Å². The summed E-state index contributed by atoms with van der Waals surface area (Å²) in [5, 5.41) is 9.37. The molecule has 0 bridgehead atoms. The lowest BCUT2D eigenvalue weighted by Gasteiger charge is -2.49. The highest BCUT2D eigenvalue weighted by Gasteiger charge is 2.50. The number of aliphatic hydroxyl groups is 1. The second-order valence-electron chi connectivity index (χ2n) is 5.83. The topological polar surface area (TPSA) is 66.6 Å². The number of nitrogens with zero attached hydrogens (tertiary/aromatic N) is 1. The first-order valence-corrected chi connectivity index (χ1v) is 6.75. The maximum absolute atomic E-state index is 12.6. The first-order chi connectivity index (χ1) is 8.13. The molecule has 3 N–H and O–H groups in total. The van der Waals surface area contributed by atoms with Gasteiger partial charge >= 0.3 is 0 Å². The monoisotopic (exact) mass is 240 g/mol. The lowest BCUT2D eigenvalue weighted by Crippen LogP contribution is -2.58. The van der Waals surface area contributed by atoms with Gasteiger partial charge in [-0.15, -0.1) is 0 Å². The van der Waals surface area contributed by atoms with Crippen molar-refractivity contribution in [2.24, 2.45) is 17.1 Å². The van der Waals surface area contributed by atoms with Gasteiger partial charge in [-0.2, -0.15) is 0 Å². The Kier molecular flexibility index (Phi) is 3.73. The van der Waals surface area contributed by atoms with E-state index in [1.54, 1.807) is 0 Å². The van der Waals surface area contributed by atoms with Gasteiger partial charge < -0.3 is 15.7 Å². The Morgan fingerprint density at radius 2 is 2.18 bits per heavy atom. The summed E-state index contributed by atoms with van der Waals surface area (Å²) in [6, 6.07) is 0.0237. The van der Waals surface area contributed by atoms with Gasteiger partial charge in [0.25, 0.3) is 0 Å². The van der Waals surface area contributed by atoms with Crippen LogP contribution in [0, 0.1) is 11.3 Å². The van der Waals surface area contributed by atoms with Gasteiger partial charge in [-0.05, 0) is 38.0 Å². The van der Waals surface area contributed by atoms with Crippen LogP contribution in [-0.4, -0.2) is 41.7 Å². The van der Waals surface area contributed by atoms with Crippen molar-refractivity contribution in [2.75, 3.05) is 19.7 Å². The van der Waals surface area contributed by atoms with Crippen molar-refractivity contribution < 1.29 is 9.90 Å². The van der Waals surface area contributed by atoms with Gasteiger partial charge in [-0.25, -0.2) is 0 Å². The van der Waals surface area contributed by atoms with Crippen molar-refractivity contribution >= 4 is 5.91 Å². The predicted molar refractivity (Wildman–Crippen MR) is 66.3 cm³/mol. The third-order valence-electron chi connectivity index (χ3n) is 4.42. The second kappa shape index (κ2) is 4.94. The molecule has 4 heteroatoms. The number of carbonyl (C=O) groups is 1. The Morgan fingerprint density at radius 1 is 1.47 bits per heavy atom. The van der Waals surface area contributed by atoms with Crippen LogP contribution in [0.15, 0.2) is 0 Å². The number of likely N-dealkylation sites (tertiary alicyclic amines) is 1. The Morgan fingerprint density at radius 3 is 2.71 bits per heavy atom. The van der Waals surface area contributed by atoms with Gasteiger partial charge in [0.2, 0.25) is 5.91 Å². The van der Waals surface area contributed by atoms with Crippen LogP contribution in [-0.2, 0) is 4.79 Å². The van der Waals surface area contributed by atoms with E-state index in [4.69, 9.17) is 5.73 Å². The Labute approximate surface area is 103 Å². The van der Waals surface area contributed by atoms with E-state index in [0.29, 0.717) is 12.5 Å². The summed E-state index contributed by atoms with van der Waals surface area (Å²) >= 11 is 0. The fourth-order valence-corrected chi connectivity index (χ4v) is 3.47. The van der Waals surface area contributed by atoms with E-state index in [-0.39, 0.29) is 24.0 Å².